The number of benzene rings is 3. The fraction of sp³-hybridized carbons (Fsp3) is 0.174. The molecular weight excluding hydrogens is 322 g/mol. The van der Waals surface area contributed by atoms with E-state index in [1.807, 2.05) is 62.4 Å². The summed E-state index contributed by atoms with van der Waals surface area (Å²) in [5.41, 5.74) is 5.47. The van der Waals surface area contributed by atoms with Gasteiger partial charge in [-0.2, -0.15) is 0 Å². The predicted molar refractivity (Wildman–Crippen MR) is 106 cm³/mol. The summed E-state index contributed by atoms with van der Waals surface area (Å²) in [5.74, 6) is 0.897. The van der Waals surface area contributed by atoms with E-state index in [0.29, 0.717) is 13.2 Å². The lowest BCUT2D eigenvalue weighted by molar-refractivity contribution is 0.132. The Morgan fingerprint density at radius 1 is 0.769 bits per heavy atom. The Hall–Kier alpha value is -3.07. The predicted octanol–water partition coefficient (Wildman–Crippen LogP) is 5.43. The number of nitrogens with zero attached hydrogens (tertiary/aromatic N) is 1. The molecule has 3 heteroatoms. The molecule has 0 aliphatic heterocycles. The van der Waals surface area contributed by atoms with Gasteiger partial charge in [0.2, 0.25) is 0 Å². The van der Waals surface area contributed by atoms with E-state index in [-0.39, 0.29) is 0 Å². The van der Waals surface area contributed by atoms with E-state index in [4.69, 9.17) is 9.57 Å². The van der Waals surface area contributed by atoms with Crippen LogP contribution in [0.1, 0.15) is 27.8 Å². The minimum Gasteiger partial charge on any atom is -0.489 e. The second kappa shape index (κ2) is 8.86. The lowest BCUT2D eigenvalue weighted by atomic mass is 10.1. The minimum absolute atomic E-state index is 0.466. The van der Waals surface area contributed by atoms with Crippen LogP contribution in [0.5, 0.6) is 5.75 Å². The van der Waals surface area contributed by atoms with Crippen LogP contribution >= 0.6 is 0 Å². The lowest BCUT2D eigenvalue weighted by Gasteiger charge is -2.12. The molecule has 0 saturated heterocycles. The van der Waals surface area contributed by atoms with Crippen LogP contribution < -0.4 is 4.74 Å². The van der Waals surface area contributed by atoms with Gasteiger partial charge in [-0.15, -0.1) is 0 Å². The number of ether oxygens (including phenoxy) is 1. The van der Waals surface area contributed by atoms with Gasteiger partial charge in [0.05, 0.1) is 6.21 Å². The molecule has 0 saturated carbocycles. The molecule has 0 spiro atoms. The van der Waals surface area contributed by atoms with Gasteiger partial charge in [-0.25, -0.2) is 0 Å². The molecule has 3 nitrogen and oxygen atoms in total. The summed E-state index contributed by atoms with van der Waals surface area (Å²) in [7, 11) is 0. The van der Waals surface area contributed by atoms with Crippen LogP contribution in [0.25, 0.3) is 0 Å². The van der Waals surface area contributed by atoms with Crippen LogP contribution in [0.2, 0.25) is 0 Å². The van der Waals surface area contributed by atoms with E-state index in [0.717, 1.165) is 33.6 Å². The molecule has 0 unspecified atom stereocenters. The van der Waals surface area contributed by atoms with Gasteiger partial charge in [-0.1, -0.05) is 65.8 Å². The SMILES string of the molecule is Cc1cc(OCc2ccccc2)c(C)cc1/C=N/OCc1ccccc1. The topological polar surface area (TPSA) is 30.8 Å². The molecule has 0 aliphatic rings. The second-order valence-corrected chi connectivity index (χ2v) is 6.24. The number of oxime groups is 1. The van der Waals surface area contributed by atoms with Crippen molar-refractivity contribution in [1.29, 1.82) is 0 Å². The van der Waals surface area contributed by atoms with E-state index in [1.165, 1.54) is 0 Å². The van der Waals surface area contributed by atoms with Gasteiger partial charge < -0.3 is 9.57 Å². The van der Waals surface area contributed by atoms with Crippen LogP contribution in [-0.2, 0) is 18.1 Å². The van der Waals surface area contributed by atoms with E-state index in [2.05, 4.69) is 29.4 Å². The monoisotopic (exact) mass is 345 g/mol. The minimum atomic E-state index is 0.466. The van der Waals surface area contributed by atoms with Crippen molar-refractivity contribution in [3.63, 3.8) is 0 Å². The maximum atomic E-state index is 5.97. The van der Waals surface area contributed by atoms with Crippen molar-refractivity contribution >= 4 is 6.21 Å². The van der Waals surface area contributed by atoms with Crippen molar-refractivity contribution in [2.24, 2.45) is 5.16 Å². The molecule has 26 heavy (non-hydrogen) atoms. The third-order valence-electron chi connectivity index (χ3n) is 4.14. The first-order valence-electron chi connectivity index (χ1n) is 8.69. The maximum absolute atomic E-state index is 5.97. The fourth-order valence-electron chi connectivity index (χ4n) is 2.62. The molecule has 0 N–H and O–H groups in total. The summed E-state index contributed by atoms with van der Waals surface area (Å²) in [6.45, 7) is 5.12. The average Bonchev–Trinajstić information content (AvgIpc) is 2.68. The average molecular weight is 345 g/mol. The lowest BCUT2D eigenvalue weighted by Crippen LogP contribution is -1.99. The highest BCUT2D eigenvalue weighted by molar-refractivity contribution is 5.82. The van der Waals surface area contributed by atoms with Crippen molar-refractivity contribution in [3.05, 3.63) is 101 Å². The summed E-state index contributed by atoms with van der Waals surface area (Å²) >= 11 is 0. The van der Waals surface area contributed by atoms with Crippen LogP contribution in [0.4, 0.5) is 0 Å². The standard InChI is InChI=1S/C23H23NO2/c1-18-14-23(25-16-20-9-5-3-6-10-20)19(2)13-22(18)15-24-26-17-21-11-7-4-8-12-21/h3-15H,16-17H2,1-2H3/b24-15+. The molecule has 0 fully saturated rings. The highest BCUT2D eigenvalue weighted by Gasteiger charge is 2.05. The van der Waals surface area contributed by atoms with Gasteiger partial charge in [0, 0.05) is 0 Å². The Bertz CT molecular complexity index is 858. The molecule has 3 aromatic carbocycles. The second-order valence-electron chi connectivity index (χ2n) is 6.24. The molecule has 3 aromatic rings. The molecular formula is C23H23NO2. The zero-order valence-corrected chi connectivity index (χ0v) is 15.2. The maximum Gasteiger partial charge on any atom is 0.142 e. The van der Waals surface area contributed by atoms with Gasteiger partial charge in [0.1, 0.15) is 19.0 Å². The number of hydrogen-bond donors (Lipinski definition) is 0. The van der Waals surface area contributed by atoms with Crippen LogP contribution in [0, 0.1) is 13.8 Å². The number of rotatable bonds is 7. The molecule has 0 amide bonds. The van der Waals surface area contributed by atoms with Crippen molar-refractivity contribution in [1.82, 2.24) is 0 Å². The third kappa shape index (κ3) is 4.96. The van der Waals surface area contributed by atoms with E-state index < -0.39 is 0 Å². The smallest absolute Gasteiger partial charge is 0.142 e. The van der Waals surface area contributed by atoms with Crippen molar-refractivity contribution in [2.75, 3.05) is 0 Å². The molecule has 132 valence electrons. The van der Waals surface area contributed by atoms with Gasteiger partial charge in [0.25, 0.3) is 0 Å². The van der Waals surface area contributed by atoms with Crippen LogP contribution in [0.15, 0.2) is 78.0 Å². The van der Waals surface area contributed by atoms with Gasteiger partial charge in [-0.05, 0) is 53.8 Å². The van der Waals surface area contributed by atoms with E-state index in [1.54, 1.807) is 6.21 Å². The molecule has 0 radical (unpaired) electrons. The fourth-order valence-corrected chi connectivity index (χ4v) is 2.62. The van der Waals surface area contributed by atoms with Crippen molar-refractivity contribution < 1.29 is 9.57 Å². The third-order valence-corrected chi connectivity index (χ3v) is 4.14. The Morgan fingerprint density at radius 3 is 2.04 bits per heavy atom. The van der Waals surface area contributed by atoms with Crippen molar-refractivity contribution in [3.8, 4) is 5.75 Å². The number of hydrogen-bond acceptors (Lipinski definition) is 3. The summed E-state index contributed by atoms with van der Waals surface area (Å²) in [5, 5.41) is 4.10. The van der Waals surface area contributed by atoms with Gasteiger partial charge >= 0.3 is 0 Å². The highest BCUT2D eigenvalue weighted by atomic mass is 16.6. The Morgan fingerprint density at radius 2 is 1.38 bits per heavy atom. The first-order chi connectivity index (χ1) is 12.7. The first kappa shape index (κ1) is 17.7. The molecule has 0 aromatic heterocycles. The summed E-state index contributed by atoms with van der Waals surface area (Å²) < 4.78 is 5.97. The Labute approximate surface area is 154 Å². The summed E-state index contributed by atoms with van der Waals surface area (Å²) in [6.07, 6.45) is 1.76. The normalized spacial score (nSPS) is 10.8. The van der Waals surface area contributed by atoms with Gasteiger partial charge in [0.15, 0.2) is 0 Å². The molecule has 0 aliphatic carbocycles. The van der Waals surface area contributed by atoms with E-state index >= 15 is 0 Å². The Balaban J connectivity index is 1.60. The van der Waals surface area contributed by atoms with Crippen molar-refractivity contribution in [2.45, 2.75) is 27.1 Å². The zero-order valence-electron chi connectivity index (χ0n) is 15.2. The zero-order chi connectivity index (χ0) is 18.2. The molecule has 0 bridgehead atoms. The van der Waals surface area contributed by atoms with Crippen LogP contribution in [-0.4, -0.2) is 6.21 Å². The van der Waals surface area contributed by atoms with Crippen LogP contribution in [0.3, 0.4) is 0 Å². The first-order valence-corrected chi connectivity index (χ1v) is 8.69. The number of aryl methyl sites for hydroxylation is 2. The molecule has 0 atom stereocenters. The Kier molecular flexibility index (Phi) is 6.05. The van der Waals surface area contributed by atoms with E-state index in [9.17, 15) is 0 Å². The highest BCUT2D eigenvalue weighted by Crippen LogP contribution is 2.23. The quantitative estimate of drug-likeness (QED) is 0.422. The largest absolute Gasteiger partial charge is 0.489 e. The molecule has 0 heterocycles. The summed E-state index contributed by atoms with van der Waals surface area (Å²) in [4.78, 5) is 5.39. The summed E-state index contributed by atoms with van der Waals surface area (Å²) in [6, 6.07) is 24.3. The van der Waals surface area contributed by atoms with Gasteiger partial charge in [-0.3, -0.25) is 0 Å². The molecule has 3 rings (SSSR count).